The highest BCUT2D eigenvalue weighted by molar-refractivity contribution is 5.02. The van der Waals surface area contributed by atoms with Crippen molar-refractivity contribution in [3.63, 3.8) is 0 Å². The lowest BCUT2D eigenvalue weighted by molar-refractivity contribution is 0.0611. The van der Waals surface area contributed by atoms with E-state index >= 15 is 0 Å². The number of hydrogen-bond donors (Lipinski definition) is 1. The van der Waals surface area contributed by atoms with E-state index in [0.717, 1.165) is 38.1 Å². The first kappa shape index (κ1) is 17.2. The molecule has 20 heavy (non-hydrogen) atoms. The molecule has 2 unspecified atom stereocenters. The topological polar surface area (TPSA) is 39.1 Å². The molecule has 0 bridgehead atoms. The molecule has 0 fully saturated rings. The van der Waals surface area contributed by atoms with Crippen molar-refractivity contribution in [3.05, 3.63) is 18.0 Å². The summed E-state index contributed by atoms with van der Waals surface area (Å²) >= 11 is 0. The molecule has 1 heterocycles. The van der Waals surface area contributed by atoms with E-state index in [1.54, 1.807) is 0 Å². The molecule has 1 N–H and O–H groups in total. The normalized spacial score (nSPS) is 14.7. The van der Waals surface area contributed by atoms with E-state index in [-0.39, 0.29) is 6.10 Å². The highest BCUT2D eigenvalue weighted by Gasteiger charge is 2.13. The maximum absolute atomic E-state index is 5.75. The molecule has 4 nitrogen and oxygen atoms in total. The van der Waals surface area contributed by atoms with Gasteiger partial charge in [0.2, 0.25) is 0 Å². The summed E-state index contributed by atoms with van der Waals surface area (Å²) in [5.41, 5.74) is 1.14. The molecule has 1 aromatic heterocycles. The van der Waals surface area contributed by atoms with Gasteiger partial charge in [0.1, 0.15) is 0 Å². The molecule has 0 saturated carbocycles. The number of nitrogens with one attached hydrogen (secondary N) is 1. The van der Waals surface area contributed by atoms with Crippen LogP contribution in [0.3, 0.4) is 0 Å². The molecular weight excluding hydrogens is 250 g/mol. The van der Waals surface area contributed by atoms with Gasteiger partial charge in [-0.3, -0.25) is 4.68 Å². The maximum Gasteiger partial charge on any atom is 0.0641 e. The van der Waals surface area contributed by atoms with Crippen molar-refractivity contribution in [2.24, 2.45) is 0 Å². The third-order valence-corrected chi connectivity index (χ3v) is 3.48. The minimum Gasteiger partial charge on any atom is -0.377 e. The van der Waals surface area contributed by atoms with Crippen LogP contribution in [-0.4, -0.2) is 35.1 Å². The highest BCUT2D eigenvalue weighted by atomic mass is 16.5. The van der Waals surface area contributed by atoms with Crippen molar-refractivity contribution < 1.29 is 4.74 Å². The Labute approximate surface area is 123 Å². The molecule has 116 valence electrons. The van der Waals surface area contributed by atoms with Gasteiger partial charge in [-0.05, 0) is 46.2 Å². The standard InChI is InChI=1S/C16H31N3O/c1-6-9-17-16(12-20-13(3)4)11-15-8-10-19(18-15)14(5)7-2/h8,10,13-14,16-17H,6-7,9,11-12H2,1-5H3. The van der Waals surface area contributed by atoms with Crippen LogP contribution in [0.1, 0.15) is 59.2 Å². The smallest absolute Gasteiger partial charge is 0.0641 e. The van der Waals surface area contributed by atoms with Crippen LogP contribution in [0.15, 0.2) is 12.3 Å². The molecule has 1 rings (SSSR count). The van der Waals surface area contributed by atoms with Crippen molar-refractivity contribution >= 4 is 0 Å². The zero-order chi connectivity index (χ0) is 15.0. The average molecular weight is 281 g/mol. The SMILES string of the molecule is CCCNC(COC(C)C)Cc1ccn(C(C)CC)n1. The number of rotatable bonds is 10. The monoisotopic (exact) mass is 281 g/mol. The molecule has 2 atom stereocenters. The second kappa shape index (κ2) is 9.14. The van der Waals surface area contributed by atoms with Crippen LogP contribution in [0.2, 0.25) is 0 Å². The summed E-state index contributed by atoms with van der Waals surface area (Å²) in [6.07, 6.45) is 5.53. The Balaban J connectivity index is 2.56. The van der Waals surface area contributed by atoms with E-state index in [9.17, 15) is 0 Å². The Morgan fingerprint density at radius 2 is 2.05 bits per heavy atom. The van der Waals surface area contributed by atoms with Gasteiger partial charge in [0.05, 0.1) is 18.4 Å². The van der Waals surface area contributed by atoms with Gasteiger partial charge >= 0.3 is 0 Å². The van der Waals surface area contributed by atoms with Crippen molar-refractivity contribution in [2.75, 3.05) is 13.2 Å². The number of hydrogen-bond acceptors (Lipinski definition) is 3. The summed E-state index contributed by atoms with van der Waals surface area (Å²) in [5, 5.41) is 8.23. The Kier molecular flexibility index (Phi) is 7.85. The van der Waals surface area contributed by atoms with Crippen molar-refractivity contribution in [1.29, 1.82) is 0 Å². The molecule has 0 aliphatic rings. The van der Waals surface area contributed by atoms with Crippen LogP contribution in [0, 0.1) is 0 Å². The van der Waals surface area contributed by atoms with Crippen molar-refractivity contribution in [3.8, 4) is 0 Å². The van der Waals surface area contributed by atoms with Gasteiger partial charge in [0, 0.05) is 24.7 Å². The quantitative estimate of drug-likeness (QED) is 0.716. The van der Waals surface area contributed by atoms with Gasteiger partial charge in [0.15, 0.2) is 0 Å². The van der Waals surface area contributed by atoms with Crippen LogP contribution in [0.5, 0.6) is 0 Å². The second-order valence-electron chi connectivity index (χ2n) is 5.78. The van der Waals surface area contributed by atoms with Crippen LogP contribution in [0.25, 0.3) is 0 Å². The van der Waals surface area contributed by atoms with E-state index in [1.165, 1.54) is 0 Å². The van der Waals surface area contributed by atoms with E-state index in [2.05, 4.69) is 62.0 Å². The highest BCUT2D eigenvalue weighted by Crippen LogP contribution is 2.10. The molecule has 0 amide bonds. The molecule has 1 aromatic rings. The molecule has 0 aliphatic carbocycles. The maximum atomic E-state index is 5.75. The van der Waals surface area contributed by atoms with E-state index in [4.69, 9.17) is 4.74 Å². The lowest BCUT2D eigenvalue weighted by atomic mass is 10.1. The van der Waals surface area contributed by atoms with Gasteiger partial charge in [-0.1, -0.05) is 13.8 Å². The number of nitrogens with zero attached hydrogens (tertiary/aromatic N) is 2. The number of aromatic nitrogens is 2. The molecule has 0 radical (unpaired) electrons. The largest absolute Gasteiger partial charge is 0.377 e. The molecule has 0 saturated heterocycles. The predicted octanol–water partition coefficient (Wildman–Crippen LogP) is 3.19. The second-order valence-corrected chi connectivity index (χ2v) is 5.78. The Morgan fingerprint density at radius 3 is 2.65 bits per heavy atom. The molecule has 0 aliphatic heterocycles. The lowest BCUT2D eigenvalue weighted by Gasteiger charge is -2.19. The molecule has 0 spiro atoms. The van der Waals surface area contributed by atoms with E-state index in [0.29, 0.717) is 12.1 Å². The van der Waals surface area contributed by atoms with Gasteiger partial charge in [0.25, 0.3) is 0 Å². The summed E-state index contributed by atoms with van der Waals surface area (Å²) < 4.78 is 7.82. The fourth-order valence-corrected chi connectivity index (χ4v) is 2.02. The van der Waals surface area contributed by atoms with Gasteiger partial charge in [-0.15, -0.1) is 0 Å². The molecule has 0 aromatic carbocycles. The minimum atomic E-state index is 0.276. The Bertz CT molecular complexity index is 362. The van der Waals surface area contributed by atoms with Gasteiger partial charge in [-0.25, -0.2) is 0 Å². The average Bonchev–Trinajstić information content (AvgIpc) is 2.89. The third-order valence-electron chi connectivity index (χ3n) is 3.48. The summed E-state index contributed by atoms with van der Waals surface area (Å²) in [6, 6.07) is 2.94. The molecular formula is C16H31N3O. The first-order valence-electron chi connectivity index (χ1n) is 7.95. The summed E-state index contributed by atoms with van der Waals surface area (Å²) in [7, 11) is 0. The fourth-order valence-electron chi connectivity index (χ4n) is 2.02. The van der Waals surface area contributed by atoms with E-state index < -0.39 is 0 Å². The van der Waals surface area contributed by atoms with Crippen LogP contribution in [-0.2, 0) is 11.2 Å². The summed E-state index contributed by atoms with van der Waals surface area (Å²) in [5.74, 6) is 0. The zero-order valence-electron chi connectivity index (χ0n) is 13.7. The summed E-state index contributed by atoms with van der Waals surface area (Å²) in [4.78, 5) is 0. The fraction of sp³-hybridized carbons (Fsp3) is 0.812. The molecule has 4 heteroatoms. The zero-order valence-corrected chi connectivity index (χ0v) is 13.7. The van der Waals surface area contributed by atoms with Gasteiger partial charge < -0.3 is 10.1 Å². The van der Waals surface area contributed by atoms with Crippen molar-refractivity contribution in [1.82, 2.24) is 15.1 Å². The minimum absolute atomic E-state index is 0.276. The summed E-state index contributed by atoms with van der Waals surface area (Å²) in [6.45, 7) is 12.5. The Morgan fingerprint density at radius 1 is 1.30 bits per heavy atom. The van der Waals surface area contributed by atoms with Crippen LogP contribution < -0.4 is 5.32 Å². The first-order valence-corrected chi connectivity index (χ1v) is 7.95. The van der Waals surface area contributed by atoms with Crippen molar-refractivity contribution in [2.45, 2.75) is 72.1 Å². The van der Waals surface area contributed by atoms with E-state index in [1.807, 2.05) is 0 Å². The first-order chi connectivity index (χ1) is 9.56. The number of ether oxygens (including phenoxy) is 1. The third kappa shape index (κ3) is 6.06. The predicted molar refractivity (Wildman–Crippen MR) is 84.1 cm³/mol. The van der Waals surface area contributed by atoms with Crippen LogP contribution >= 0.6 is 0 Å². The Hall–Kier alpha value is -0.870. The van der Waals surface area contributed by atoms with Crippen LogP contribution in [0.4, 0.5) is 0 Å². The lowest BCUT2D eigenvalue weighted by Crippen LogP contribution is -2.37. The van der Waals surface area contributed by atoms with Gasteiger partial charge in [-0.2, -0.15) is 5.10 Å².